The molecular weight excluding hydrogens is 182 g/mol. The SMILES string of the molecule is CNC(C)c1nnc(COC(C)C)o1. The van der Waals surface area contributed by atoms with Gasteiger partial charge in [0.15, 0.2) is 0 Å². The average Bonchev–Trinajstić information content (AvgIpc) is 2.62. The molecule has 1 rings (SSSR count). The minimum Gasteiger partial charge on any atom is -0.421 e. The van der Waals surface area contributed by atoms with Crippen molar-refractivity contribution in [3.05, 3.63) is 11.8 Å². The maximum absolute atomic E-state index is 5.38. The van der Waals surface area contributed by atoms with Crippen molar-refractivity contribution < 1.29 is 9.15 Å². The molecule has 0 radical (unpaired) electrons. The largest absolute Gasteiger partial charge is 0.421 e. The lowest BCUT2D eigenvalue weighted by Crippen LogP contribution is -2.12. The monoisotopic (exact) mass is 199 g/mol. The molecule has 0 aromatic carbocycles. The van der Waals surface area contributed by atoms with Crippen LogP contribution in [-0.4, -0.2) is 23.3 Å². The number of nitrogens with zero attached hydrogens (tertiary/aromatic N) is 2. The fourth-order valence-electron chi connectivity index (χ4n) is 0.861. The highest BCUT2D eigenvalue weighted by atomic mass is 16.5. The Morgan fingerprint density at radius 1 is 1.36 bits per heavy atom. The van der Waals surface area contributed by atoms with Gasteiger partial charge in [-0.2, -0.15) is 0 Å². The van der Waals surface area contributed by atoms with Crippen molar-refractivity contribution in [2.75, 3.05) is 7.05 Å². The van der Waals surface area contributed by atoms with Crippen molar-refractivity contribution in [1.29, 1.82) is 0 Å². The summed E-state index contributed by atoms with van der Waals surface area (Å²) in [5.74, 6) is 1.12. The van der Waals surface area contributed by atoms with Gasteiger partial charge in [-0.05, 0) is 27.8 Å². The molecule has 80 valence electrons. The first-order chi connectivity index (χ1) is 6.63. The minimum absolute atomic E-state index is 0.0790. The van der Waals surface area contributed by atoms with Gasteiger partial charge in [0.05, 0.1) is 12.1 Å². The van der Waals surface area contributed by atoms with Gasteiger partial charge >= 0.3 is 0 Å². The molecule has 5 heteroatoms. The molecule has 0 aliphatic carbocycles. The van der Waals surface area contributed by atoms with Crippen molar-refractivity contribution in [2.45, 2.75) is 39.5 Å². The van der Waals surface area contributed by atoms with E-state index in [-0.39, 0.29) is 12.1 Å². The Morgan fingerprint density at radius 3 is 2.64 bits per heavy atom. The lowest BCUT2D eigenvalue weighted by atomic mass is 10.3. The fourth-order valence-corrected chi connectivity index (χ4v) is 0.861. The third-order valence-electron chi connectivity index (χ3n) is 1.83. The molecule has 1 N–H and O–H groups in total. The second-order valence-electron chi connectivity index (χ2n) is 3.40. The van der Waals surface area contributed by atoms with Crippen LogP contribution in [0.1, 0.15) is 38.6 Å². The van der Waals surface area contributed by atoms with E-state index in [1.165, 1.54) is 0 Å². The van der Waals surface area contributed by atoms with Crippen LogP contribution in [-0.2, 0) is 11.3 Å². The average molecular weight is 199 g/mol. The van der Waals surface area contributed by atoms with Gasteiger partial charge in [-0.1, -0.05) is 0 Å². The Labute approximate surface area is 83.9 Å². The van der Waals surface area contributed by atoms with Crippen LogP contribution in [0.25, 0.3) is 0 Å². The zero-order chi connectivity index (χ0) is 10.6. The van der Waals surface area contributed by atoms with E-state index in [9.17, 15) is 0 Å². The molecule has 0 saturated carbocycles. The van der Waals surface area contributed by atoms with Gasteiger partial charge in [0.2, 0.25) is 11.8 Å². The van der Waals surface area contributed by atoms with Crippen molar-refractivity contribution in [3.8, 4) is 0 Å². The van der Waals surface area contributed by atoms with E-state index < -0.39 is 0 Å². The van der Waals surface area contributed by atoms with Gasteiger partial charge in [0.1, 0.15) is 6.61 Å². The van der Waals surface area contributed by atoms with E-state index in [2.05, 4.69) is 15.5 Å². The topological polar surface area (TPSA) is 60.2 Å². The maximum Gasteiger partial charge on any atom is 0.242 e. The first-order valence-corrected chi connectivity index (χ1v) is 4.74. The van der Waals surface area contributed by atoms with E-state index in [0.29, 0.717) is 18.4 Å². The van der Waals surface area contributed by atoms with Crippen molar-refractivity contribution in [3.63, 3.8) is 0 Å². The van der Waals surface area contributed by atoms with E-state index in [4.69, 9.17) is 9.15 Å². The van der Waals surface area contributed by atoms with Crippen LogP contribution in [0.15, 0.2) is 4.42 Å². The van der Waals surface area contributed by atoms with Gasteiger partial charge in [0.25, 0.3) is 0 Å². The normalized spacial score (nSPS) is 13.5. The second-order valence-corrected chi connectivity index (χ2v) is 3.40. The molecule has 0 aliphatic rings. The highest BCUT2D eigenvalue weighted by molar-refractivity contribution is 4.86. The molecule has 1 atom stereocenters. The Balaban J connectivity index is 2.50. The smallest absolute Gasteiger partial charge is 0.242 e. The van der Waals surface area contributed by atoms with Gasteiger partial charge in [0, 0.05) is 0 Å². The molecule has 14 heavy (non-hydrogen) atoms. The first-order valence-electron chi connectivity index (χ1n) is 4.74. The van der Waals surface area contributed by atoms with Crippen LogP contribution >= 0.6 is 0 Å². The van der Waals surface area contributed by atoms with Crippen molar-refractivity contribution >= 4 is 0 Å². The van der Waals surface area contributed by atoms with Crippen molar-refractivity contribution in [2.24, 2.45) is 0 Å². The summed E-state index contributed by atoms with van der Waals surface area (Å²) >= 11 is 0. The summed E-state index contributed by atoms with van der Waals surface area (Å²) in [5, 5.41) is 10.8. The molecule has 0 saturated heterocycles. The first kappa shape index (κ1) is 11.1. The highest BCUT2D eigenvalue weighted by Crippen LogP contribution is 2.10. The summed E-state index contributed by atoms with van der Waals surface area (Å²) in [6, 6.07) is 0.0790. The summed E-state index contributed by atoms with van der Waals surface area (Å²) in [7, 11) is 1.85. The van der Waals surface area contributed by atoms with Crippen LogP contribution in [0.2, 0.25) is 0 Å². The van der Waals surface area contributed by atoms with Gasteiger partial charge in [-0.3, -0.25) is 0 Å². The zero-order valence-electron chi connectivity index (χ0n) is 9.07. The predicted octanol–water partition coefficient (Wildman–Crippen LogP) is 1.27. The molecule has 1 heterocycles. The predicted molar refractivity (Wildman–Crippen MR) is 51.7 cm³/mol. The van der Waals surface area contributed by atoms with E-state index in [1.807, 2.05) is 27.8 Å². The standard InChI is InChI=1S/C9H17N3O2/c1-6(2)13-5-8-11-12-9(14-8)7(3)10-4/h6-7,10H,5H2,1-4H3. The summed E-state index contributed by atoms with van der Waals surface area (Å²) in [4.78, 5) is 0. The second kappa shape index (κ2) is 5.07. The fraction of sp³-hybridized carbons (Fsp3) is 0.778. The third-order valence-corrected chi connectivity index (χ3v) is 1.83. The van der Waals surface area contributed by atoms with Gasteiger partial charge < -0.3 is 14.5 Å². The molecule has 0 bridgehead atoms. The summed E-state index contributed by atoms with van der Waals surface area (Å²) in [6.45, 7) is 6.27. The lowest BCUT2D eigenvalue weighted by Gasteiger charge is -2.04. The summed E-state index contributed by atoms with van der Waals surface area (Å²) in [6.07, 6.45) is 0.173. The van der Waals surface area contributed by atoms with Gasteiger partial charge in [-0.15, -0.1) is 10.2 Å². The molecule has 0 aliphatic heterocycles. The number of hydrogen-bond donors (Lipinski definition) is 1. The quantitative estimate of drug-likeness (QED) is 0.774. The molecule has 0 fully saturated rings. The van der Waals surface area contributed by atoms with E-state index >= 15 is 0 Å². The minimum atomic E-state index is 0.0790. The van der Waals surface area contributed by atoms with Crippen LogP contribution in [0.3, 0.4) is 0 Å². The number of hydrogen-bond acceptors (Lipinski definition) is 5. The summed E-state index contributed by atoms with van der Waals surface area (Å²) in [5.41, 5.74) is 0. The van der Waals surface area contributed by atoms with Crippen LogP contribution in [0.5, 0.6) is 0 Å². The molecule has 5 nitrogen and oxygen atoms in total. The lowest BCUT2D eigenvalue weighted by molar-refractivity contribution is 0.0508. The number of nitrogens with one attached hydrogen (secondary N) is 1. The van der Waals surface area contributed by atoms with E-state index in [1.54, 1.807) is 0 Å². The van der Waals surface area contributed by atoms with Crippen LogP contribution in [0.4, 0.5) is 0 Å². The zero-order valence-corrected chi connectivity index (χ0v) is 9.07. The number of aromatic nitrogens is 2. The van der Waals surface area contributed by atoms with Crippen molar-refractivity contribution in [1.82, 2.24) is 15.5 Å². The highest BCUT2D eigenvalue weighted by Gasteiger charge is 2.11. The summed E-state index contributed by atoms with van der Waals surface area (Å²) < 4.78 is 10.7. The van der Waals surface area contributed by atoms with Crippen LogP contribution in [0, 0.1) is 0 Å². The van der Waals surface area contributed by atoms with E-state index in [0.717, 1.165) is 0 Å². The molecule has 1 aromatic heterocycles. The van der Waals surface area contributed by atoms with Gasteiger partial charge in [-0.25, -0.2) is 0 Å². The molecule has 1 unspecified atom stereocenters. The Morgan fingerprint density at radius 2 is 2.07 bits per heavy atom. The Kier molecular flexibility index (Phi) is 4.03. The molecular formula is C9H17N3O2. The molecule has 1 aromatic rings. The Bertz CT molecular complexity index is 273. The molecule has 0 spiro atoms. The number of rotatable bonds is 5. The number of ether oxygens (including phenoxy) is 1. The maximum atomic E-state index is 5.38. The third kappa shape index (κ3) is 3.08. The van der Waals surface area contributed by atoms with Crippen LogP contribution < -0.4 is 5.32 Å². The Hall–Kier alpha value is -0.940. The molecule has 0 amide bonds.